The van der Waals surface area contributed by atoms with Gasteiger partial charge in [-0.3, -0.25) is 19.2 Å². The number of aryl methyl sites for hydroxylation is 2. The maximum absolute atomic E-state index is 16.1. The Kier molecular flexibility index (Phi) is 32.1. The number of hydrogen-bond donors (Lipinski definition) is 0. The van der Waals surface area contributed by atoms with Crippen molar-refractivity contribution < 1.29 is 19.2 Å². The van der Waals surface area contributed by atoms with E-state index in [1.807, 2.05) is 68.4 Å². The lowest BCUT2D eigenvalue weighted by molar-refractivity contribution is -0.124. The summed E-state index contributed by atoms with van der Waals surface area (Å²) in [5.41, 5.74) is 6.89. The van der Waals surface area contributed by atoms with Crippen molar-refractivity contribution in [2.45, 2.75) is 287 Å². The van der Waals surface area contributed by atoms with Gasteiger partial charge in [-0.1, -0.05) is 218 Å². The van der Waals surface area contributed by atoms with Gasteiger partial charge in [0.2, 0.25) is 0 Å². The van der Waals surface area contributed by atoms with E-state index < -0.39 is 0 Å². The number of thiophene rings is 9. The molecule has 0 fully saturated rings. The Hall–Kier alpha value is -5.97. The van der Waals surface area contributed by atoms with Gasteiger partial charge in [0.25, 0.3) is 23.6 Å². The molecule has 9 aromatic rings. The van der Waals surface area contributed by atoms with Crippen molar-refractivity contribution in [3.05, 3.63) is 171 Å². The molecule has 15 heterocycles. The molecule has 15 rings (SSSR count). The number of hydrogen-bond acceptors (Lipinski definition) is 15. The van der Waals surface area contributed by atoms with Crippen LogP contribution in [-0.2, 0) is 32.0 Å². The number of unbranched alkanes of at least 4 members (excludes halogenated alkanes) is 11. The van der Waals surface area contributed by atoms with Crippen LogP contribution in [0.15, 0.2) is 131 Å². The van der Waals surface area contributed by atoms with Crippen LogP contribution in [0.25, 0.3) is 76.5 Å². The van der Waals surface area contributed by atoms with Gasteiger partial charge in [0.1, 0.15) is 0 Å². The first-order chi connectivity index (χ1) is 60.1. The molecule has 656 valence electrons. The van der Waals surface area contributed by atoms with Crippen molar-refractivity contribution in [2.75, 3.05) is 37.6 Å². The quantitative estimate of drug-likeness (QED) is 0.0353. The fourth-order valence-electron chi connectivity index (χ4n) is 19.2. The summed E-state index contributed by atoms with van der Waals surface area (Å²) in [4.78, 5) is 98.6. The molecule has 0 saturated carbocycles. The molecule has 0 N–H and O–H groups in total. The predicted octanol–water partition coefficient (Wildman–Crippen LogP) is 32.5. The third-order valence-corrected chi connectivity index (χ3v) is 39.5. The van der Waals surface area contributed by atoms with Crippen LogP contribution in [0.3, 0.4) is 0 Å². The molecule has 7 unspecified atom stereocenters. The minimum absolute atomic E-state index is 0.0320. The molecule has 9 aromatic heterocycles. The van der Waals surface area contributed by atoms with E-state index in [0.29, 0.717) is 66.2 Å². The lowest BCUT2D eigenvalue weighted by Gasteiger charge is -2.29. The van der Waals surface area contributed by atoms with Gasteiger partial charge < -0.3 is 24.5 Å². The van der Waals surface area contributed by atoms with Gasteiger partial charge in [0.05, 0.1) is 81.6 Å². The molecule has 0 saturated heterocycles. The van der Waals surface area contributed by atoms with Crippen LogP contribution in [-0.4, -0.2) is 82.0 Å². The average molecular weight is 1840 g/mol. The van der Waals surface area contributed by atoms with Crippen LogP contribution in [0.4, 0.5) is 5.69 Å². The number of nitrogens with zero attached hydrogens (tertiary/aromatic N) is 5. The molecule has 0 bridgehead atoms. The summed E-state index contributed by atoms with van der Waals surface area (Å²) in [7, 11) is 0. The number of amides is 4. The van der Waals surface area contributed by atoms with Crippen molar-refractivity contribution in [2.24, 2.45) is 29.6 Å². The van der Waals surface area contributed by atoms with Gasteiger partial charge in [-0.05, 0) is 197 Å². The monoisotopic (exact) mass is 1830 g/mol. The van der Waals surface area contributed by atoms with Crippen molar-refractivity contribution >= 4 is 171 Å². The average Bonchev–Trinajstić information content (AvgIpc) is 1.56. The molecule has 4 amide bonds. The number of thioether (sulfide) groups is 1. The Morgan fingerprint density at radius 3 is 0.886 bits per heavy atom. The predicted molar refractivity (Wildman–Crippen MR) is 540 cm³/mol. The Balaban J connectivity index is 0.771. The van der Waals surface area contributed by atoms with Crippen LogP contribution in [0.1, 0.15) is 307 Å². The van der Waals surface area contributed by atoms with Crippen molar-refractivity contribution in [1.82, 2.24) is 19.6 Å². The highest BCUT2D eigenvalue weighted by atomic mass is 32.2. The highest BCUT2D eigenvalue weighted by Crippen LogP contribution is 2.63. The van der Waals surface area contributed by atoms with Gasteiger partial charge in [-0.2, -0.15) is 0 Å². The minimum Gasteiger partial charge on any atom is -0.362 e. The molecule has 6 aliphatic rings. The molecule has 0 aromatic carbocycles. The number of rotatable bonds is 50. The molecule has 0 spiro atoms. The zero-order chi connectivity index (χ0) is 86.0. The van der Waals surface area contributed by atoms with Crippen LogP contribution in [0.5, 0.6) is 0 Å². The van der Waals surface area contributed by atoms with Gasteiger partial charge in [0.15, 0.2) is 0 Å². The fourth-order valence-corrected chi connectivity index (χ4v) is 30.9. The highest BCUT2D eigenvalue weighted by molar-refractivity contribution is 8.09. The summed E-state index contributed by atoms with van der Waals surface area (Å²) in [6.45, 7) is 30.6. The van der Waals surface area contributed by atoms with Gasteiger partial charge in [0, 0.05) is 106 Å². The van der Waals surface area contributed by atoms with Crippen LogP contribution in [0, 0.1) is 29.6 Å². The van der Waals surface area contributed by atoms with E-state index in [1.54, 1.807) is 45.3 Å². The van der Waals surface area contributed by atoms with Crippen LogP contribution >= 0.6 is 114 Å². The summed E-state index contributed by atoms with van der Waals surface area (Å²) in [5.74, 6) is 1.55. The number of fused-ring (bicyclic) bond motifs is 5. The summed E-state index contributed by atoms with van der Waals surface area (Å²) >= 11 is 18.4. The third kappa shape index (κ3) is 19.8. The summed E-state index contributed by atoms with van der Waals surface area (Å²) in [6, 6.07) is 38.9. The summed E-state index contributed by atoms with van der Waals surface area (Å²) in [6.07, 6.45) is 36.3. The van der Waals surface area contributed by atoms with E-state index in [4.69, 9.17) is 0 Å². The van der Waals surface area contributed by atoms with Crippen molar-refractivity contribution in [3.63, 3.8) is 0 Å². The Labute approximate surface area is 776 Å². The first-order valence-corrected chi connectivity index (χ1v) is 55.7. The largest absolute Gasteiger partial charge is 0.362 e. The zero-order valence-electron chi connectivity index (χ0n) is 75.1. The van der Waals surface area contributed by atoms with E-state index in [9.17, 15) is 0 Å². The molecule has 6 aliphatic heterocycles. The van der Waals surface area contributed by atoms with Crippen molar-refractivity contribution in [3.8, 4) is 48.8 Å². The van der Waals surface area contributed by atoms with E-state index in [2.05, 4.69) is 217 Å². The van der Waals surface area contributed by atoms with E-state index >= 15 is 19.2 Å². The van der Waals surface area contributed by atoms with Crippen molar-refractivity contribution in [1.29, 1.82) is 0 Å². The second-order valence-electron chi connectivity index (χ2n) is 35.3. The van der Waals surface area contributed by atoms with E-state index in [-0.39, 0.29) is 46.8 Å². The first kappa shape index (κ1) is 91.8. The molecule has 0 radical (unpaired) electrons. The van der Waals surface area contributed by atoms with Crippen LogP contribution in [0.2, 0.25) is 0 Å². The lowest BCUT2D eigenvalue weighted by atomic mass is 9.98. The van der Waals surface area contributed by atoms with Gasteiger partial charge in [-0.15, -0.1) is 114 Å². The number of carbonyl (C=O) groups excluding carboxylic acids is 4. The number of carbonyl (C=O) groups is 4. The maximum Gasteiger partial charge on any atom is 0.261 e. The first-order valence-electron chi connectivity index (χ1n) is 47.5. The minimum atomic E-state index is -0.0342. The summed E-state index contributed by atoms with van der Waals surface area (Å²) in [5, 5.41) is 0.169. The maximum atomic E-state index is 16.1. The summed E-state index contributed by atoms with van der Waals surface area (Å²) < 4.78 is 0. The molecule has 9 nitrogen and oxygen atoms in total. The second kappa shape index (κ2) is 43.0. The highest BCUT2D eigenvalue weighted by Gasteiger charge is 2.53. The Morgan fingerprint density at radius 2 is 0.561 bits per heavy atom. The topological polar surface area (TPSA) is 84.5 Å². The van der Waals surface area contributed by atoms with Gasteiger partial charge in [-0.25, -0.2) is 0 Å². The third-order valence-electron chi connectivity index (χ3n) is 26.8. The molecular formula is C104H131N5O4S10. The Morgan fingerprint density at radius 1 is 0.285 bits per heavy atom. The normalized spacial score (nSPS) is 17.8. The molecule has 0 aliphatic carbocycles. The molecule has 123 heavy (non-hydrogen) atoms. The zero-order valence-corrected chi connectivity index (χ0v) is 83.3. The fraction of sp³-hybridized carbons (Fsp3) is 0.519. The SMILES string of the molecule is CCCCCCc1ccc(-c2ccc(-c3ccc(C4=C5C(=O)N(CC(CC)CCCC)C(c6ccc(C7=CC8C(S7)c7sc(-c9ccc(C%10=C%11C(=O)N(CC(CC)CCCC)C(c%12ccc(-c%13ccc(-c%14ccc(CCCCCC)s%14)s%13)s%12)=C%11C(=O)N%10CC(CC)CCCC)s9)cc7N8CC(CC)CCCC)s6)=C5C(=O)N4CC(CC)CCCC)s3)s2)s1. The molecule has 19 heteroatoms. The van der Waals surface area contributed by atoms with Gasteiger partial charge >= 0.3 is 0 Å². The smallest absolute Gasteiger partial charge is 0.261 e. The Bertz CT molecular complexity index is 5310. The van der Waals surface area contributed by atoms with E-state index in [0.717, 1.165) is 185 Å². The molecular weight excluding hydrogens is 1700 g/mol. The molecule has 7 atom stereocenters. The van der Waals surface area contributed by atoms with Crippen LogP contribution < -0.4 is 4.90 Å². The standard InChI is InChI=1S/C104H131N5O4S10/c1-13-25-32-34-41-71-43-45-75(114-71)77-47-49-79(116-77)81-51-55-85(118-81)95-91-93(103(112)106(95)62-67(21-9)37-28-16-4)97(108(101(91)110)64-69(23-11)39-30-18-6)87-57-53-83(120-87)89-59-73-99(122-89)100-74(105(73)61-66(20-8)36-27-15-3)60-90(123-100)84-54-58-88(121-84)98-94-92(102(111)109(98)65-70(24-12)40-31-19-7)96(107(104(94)113)63-68(22-10)38-29-17-5)86-56-52-82(119-86)80-50-48-78(117-80)76-46-44-72(115-76)42-35-33-26-14-2/h43-60,66-70,73,99H,13-42,61-65H2,1-12H3. The second-order valence-corrected chi connectivity index (χ2v) is 46.5. The number of anilines is 1. The van der Waals surface area contributed by atoms with E-state index in [1.165, 1.54) is 135 Å². The lowest BCUT2D eigenvalue weighted by Crippen LogP contribution is -2.35.